The average molecular weight is 234 g/mol. The number of H-pyrrole nitrogens is 1. The van der Waals surface area contributed by atoms with Gasteiger partial charge in [0.25, 0.3) is 5.56 Å². The third kappa shape index (κ3) is 2.22. The first kappa shape index (κ1) is 11.4. The van der Waals surface area contributed by atoms with Crippen LogP contribution in [0.2, 0.25) is 0 Å². The molecule has 0 aliphatic carbocycles. The van der Waals surface area contributed by atoms with Crippen LogP contribution in [0.25, 0.3) is 11.6 Å². The molecule has 0 spiro atoms. The summed E-state index contributed by atoms with van der Waals surface area (Å²) in [6.07, 6.45) is 1.28. The van der Waals surface area contributed by atoms with Crippen molar-refractivity contribution in [2.24, 2.45) is 0 Å². The summed E-state index contributed by atoms with van der Waals surface area (Å²) in [5.41, 5.74) is 0.00271. The summed E-state index contributed by atoms with van der Waals surface area (Å²) in [5, 5.41) is 9.70. The van der Waals surface area contributed by atoms with E-state index in [1.165, 1.54) is 0 Å². The fraction of sp³-hybridized carbons (Fsp3) is 0.333. The van der Waals surface area contributed by atoms with E-state index in [9.17, 15) is 9.90 Å². The van der Waals surface area contributed by atoms with Crippen molar-refractivity contribution in [3.63, 3.8) is 0 Å². The molecular weight excluding hydrogens is 220 g/mol. The minimum Gasteiger partial charge on any atom is -0.493 e. The molecule has 0 bridgehead atoms. The number of aromatic nitrogens is 2. The van der Waals surface area contributed by atoms with Crippen LogP contribution in [0.4, 0.5) is 0 Å². The molecule has 0 aromatic carbocycles. The first-order chi connectivity index (χ1) is 8.11. The Morgan fingerprint density at radius 1 is 1.47 bits per heavy atom. The normalized spacial score (nSPS) is 10.7. The number of aryl methyl sites for hydroxylation is 1. The third-order valence-corrected chi connectivity index (χ3v) is 2.47. The van der Waals surface area contributed by atoms with Crippen LogP contribution in [0.15, 0.2) is 21.3 Å². The summed E-state index contributed by atoms with van der Waals surface area (Å²) in [7, 11) is 0. The monoisotopic (exact) mass is 234 g/mol. The van der Waals surface area contributed by atoms with Crippen molar-refractivity contribution in [1.82, 2.24) is 9.97 Å². The van der Waals surface area contributed by atoms with Crippen molar-refractivity contribution in [3.8, 4) is 17.5 Å². The molecule has 2 heterocycles. The minimum absolute atomic E-state index is 0.223. The molecule has 90 valence electrons. The Morgan fingerprint density at radius 3 is 2.76 bits per heavy atom. The Morgan fingerprint density at radius 2 is 2.24 bits per heavy atom. The minimum atomic E-state index is -0.316. The van der Waals surface area contributed by atoms with Crippen LogP contribution in [0.3, 0.4) is 0 Å². The van der Waals surface area contributed by atoms with E-state index in [0.717, 1.165) is 12.2 Å². The molecule has 2 N–H and O–H groups in total. The Kier molecular flexibility index (Phi) is 2.99. The van der Waals surface area contributed by atoms with Crippen molar-refractivity contribution >= 4 is 0 Å². The van der Waals surface area contributed by atoms with Crippen molar-refractivity contribution in [2.45, 2.75) is 26.7 Å². The highest BCUT2D eigenvalue weighted by Crippen LogP contribution is 2.20. The van der Waals surface area contributed by atoms with Crippen LogP contribution in [0.5, 0.6) is 5.88 Å². The maximum absolute atomic E-state index is 11.7. The Balaban J connectivity index is 2.49. The highest BCUT2D eigenvalue weighted by molar-refractivity contribution is 5.48. The lowest BCUT2D eigenvalue weighted by Gasteiger charge is -2.03. The van der Waals surface area contributed by atoms with Gasteiger partial charge >= 0.3 is 0 Å². The molecule has 5 heteroatoms. The Bertz CT molecular complexity index is 584. The van der Waals surface area contributed by atoms with Crippen LogP contribution in [0.1, 0.15) is 24.7 Å². The number of nitrogens with one attached hydrogen (secondary N) is 1. The number of hydrogen-bond donors (Lipinski definition) is 2. The zero-order valence-corrected chi connectivity index (χ0v) is 9.78. The smallest absolute Gasteiger partial charge is 0.258 e. The molecule has 0 saturated carbocycles. The van der Waals surface area contributed by atoms with Gasteiger partial charge in [-0.3, -0.25) is 4.79 Å². The lowest BCUT2D eigenvalue weighted by atomic mass is 10.2. The molecule has 2 aromatic heterocycles. The number of aromatic hydroxyl groups is 1. The molecule has 0 amide bonds. The van der Waals surface area contributed by atoms with E-state index in [1.807, 2.05) is 6.92 Å². The maximum Gasteiger partial charge on any atom is 0.258 e. The standard InChI is InChI=1S/C12H14N2O3/c1-3-4-8-11(15)13-10(14-12(8)16)9-6-5-7(2)17-9/h5-6H,3-4H2,1-2H3,(H2,13,14,15,16). The van der Waals surface area contributed by atoms with Gasteiger partial charge in [-0.15, -0.1) is 0 Å². The summed E-state index contributed by atoms with van der Waals surface area (Å²) in [6, 6.07) is 3.47. The summed E-state index contributed by atoms with van der Waals surface area (Å²) in [6.45, 7) is 3.73. The van der Waals surface area contributed by atoms with Crippen LogP contribution >= 0.6 is 0 Å². The largest absolute Gasteiger partial charge is 0.493 e. The SMILES string of the molecule is CCCc1c(O)nc(-c2ccc(C)o2)[nH]c1=O. The summed E-state index contributed by atoms with van der Waals surface area (Å²) >= 11 is 0. The third-order valence-electron chi connectivity index (χ3n) is 2.47. The van der Waals surface area contributed by atoms with Gasteiger partial charge in [-0.25, -0.2) is 0 Å². The Labute approximate surface area is 98.1 Å². The highest BCUT2D eigenvalue weighted by Gasteiger charge is 2.12. The number of nitrogens with zero attached hydrogens (tertiary/aromatic N) is 1. The summed E-state index contributed by atoms with van der Waals surface area (Å²) in [5.74, 6) is 1.19. The lowest BCUT2D eigenvalue weighted by molar-refractivity contribution is 0.441. The van der Waals surface area contributed by atoms with Crippen LogP contribution in [-0.2, 0) is 6.42 Å². The van der Waals surface area contributed by atoms with Crippen LogP contribution in [-0.4, -0.2) is 15.1 Å². The van der Waals surface area contributed by atoms with E-state index in [1.54, 1.807) is 19.1 Å². The molecule has 0 aliphatic heterocycles. The molecule has 0 fully saturated rings. The fourth-order valence-corrected chi connectivity index (χ4v) is 1.64. The molecular formula is C12H14N2O3. The summed E-state index contributed by atoms with van der Waals surface area (Å²) < 4.78 is 5.34. The van der Waals surface area contributed by atoms with Gasteiger partial charge < -0.3 is 14.5 Å². The molecule has 0 unspecified atom stereocenters. The van der Waals surface area contributed by atoms with E-state index in [-0.39, 0.29) is 17.3 Å². The molecule has 0 aliphatic rings. The van der Waals surface area contributed by atoms with Crippen molar-refractivity contribution < 1.29 is 9.52 Å². The zero-order chi connectivity index (χ0) is 12.4. The van der Waals surface area contributed by atoms with E-state index in [2.05, 4.69) is 9.97 Å². The molecule has 5 nitrogen and oxygen atoms in total. The quantitative estimate of drug-likeness (QED) is 0.851. The molecule has 2 aromatic rings. The highest BCUT2D eigenvalue weighted by atomic mass is 16.3. The van der Waals surface area contributed by atoms with Gasteiger partial charge in [-0.05, 0) is 25.5 Å². The molecule has 0 saturated heterocycles. The lowest BCUT2D eigenvalue weighted by Crippen LogP contribution is -2.14. The van der Waals surface area contributed by atoms with E-state index < -0.39 is 0 Å². The van der Waals surface area contributed by atoms with E-state index in [0.29, 0.717) is 17.7 Å². The van der Waals surface area contributed by atoms with Gasteiger partial charge in [0.1, 0.15) is 5.76 Å². The number of rotatable bonds is 3. The topological polar surface area (TPSA) is 79.1 Å². The molecule has 17 heavy (non-hydrogen) atoms. The van der Waals surface area contributed by atoms with Gasteiger partial charge in [0, 0.05) is 0 Å². The average Bonchev–Trinajstić information content (AvgIpc) is 2.70. The van der Waals surface area contributed by atoms with Gasteiger partial charge in [0.05, 0.1) is 5.56 Å². The molecule has 2 rings (SSSR count). The van der Waals surface area contributed by atoms with Gasteiger partial charge in [0.15, 0.2) is 11.6 Å². The fourth-order valence-electron chi connectivity index (χ4n) is 1.64. The first-order valence-electron chi connectivity index (χ1n) is 5.50. The molecule has 0 atom stereocenters. The number of hydrogen-bond acceptors (Lipinski definition) is 4. The van der Waals surface area contributed by atoms with Crippen molar-refractivity contribution in [2.75, 3.05) is 0 Å². The van der Waals surface area contributed by atoms with Gasteiger partial charge in [0.2, 0.25) is 5.88 Å². The van der Waals surface area contributed by atoms with Gasteiger partial charge in [-0.2, -0.15) is 4.98 Å². The predicted molar refractivity (Wildman–Crippen MR) is 63.0 cm³/mol. The van der Waals surface area contributed by atoms with Crippen LogP contribution in [0, 0.1) is 6.92 Å². The van der Waals surface area contributed by atoms with E-state index >= 15 is 0 Å². The predicted octanol–water partition coefficient (Wildman–Crippen LogP) is 2.00. The summed E-state index contributed by atoms with van der Waals surface area (Å²) in [4.78, 5) is 18.3. The number of furan rings is 1. The Hall–Kier alpha value is -2.04. The van der Waals surface area contributed by atoms with E-state index in [4.69, 9.17) is 4.42 Å². The second-order valence-corrected chi connectivity index (χ2v) is 3.88. The number of aromatic amines is 1. The van der Waals surface area contributed by atoms with Crippen molar-refractivity contribution in [3.05, 3.63) is 33.8 Å². The maximum atomic E-state index is 11.7. The molecule has 0 radical (unpaired) electrons. The zero-order valence-electron chi connectivity index (χ0n) is 9.78. The van der Waals surface area contributed by atoms with Crippen LogP contribution < -0.4 is 5.56 Å². The van der Waals surface area contributed by atoms with Gasteiger partial charge in [-0.1, -0.05) is 13.3 Å². The second kappa shape index (κ2) is 4.45. The second-order valence-electron chi connectivity index (χ2n) is 3.88. The van der Waals surface area contributed by atoms with Crippen molar-refractivity contribution in [1.29, 1.82) is 0 Å². The first-order valence-corrected chi connectivity index (χ1v) is 5.50.